The van der Waals surface area contributed by atoms with Crippen LogP contribution in [0.15, 0.2) is 157 Å². The molecule has 3 aliphatic heterocycles. The first-order valence-electron chi connectivity index (χ1n) is 44.5. The monoisotopic (exact) mass is 2070 g/mol. The van der Waals surface area contributed by atoms with Gasteiger partial charge in [0.1, 0.15) is 23.6 Å². The normalized spacial score (nSPS) is 16.9. The molecule has 0 saturated carbocycles. The number of aldehydes is 1. The zero-order valence-corrected chi connectivity index (χ0v) is 90.6. The second kappa shape index (κ2) is 69.2. The highest BCUT2D eigenvalue weighted by Gasteiger charge is 2.51. The molecular formula is C104H147Cl3F3N5O26Si. The van der Waals surface area contributed by atoms with Gasteiger partial charge in [-0.15, -0.1) is 23.2 Å². The van der Waals surface area contributed by atoms with E-state index in [1.807, 2.05) is 99.6 Å². The van der Waals surface area contributed by atoms with E-state index in [2.05, 4.69) is 113 Å². The lowest BCUT2D eigenvalue weighted by molar-refractivity contribution is -0.192. The highest BCUT2D eigenvalue weighted by atomic mass is 35.5. The number of aliphatic hydroxyl groups excluding tert-OH is 2. The fourth-order valence-electron chi connectivity index (χ4n) is 14.4. The summed E-state index contributed by atoms with van der Waals surface area (Å²) in [5.41, 5.74) is 5.59. The molecule has 2 amide bonds. The van der Waals surface area contributed by atoms with Crippen LogP contribution >= 0.6 is 34.8 Å². The number of amides is 2. The Labute approximate surface area is 851 Å². The number of allylic oxidation sites excluding steroid dienone is 1. The van der Waals surface area contributed by atoms with Crippen molar-refractivity contribution < 1.29 is 138 Å². The molecule has 7 aromatic rings. The predicted octanol–water partition coefficient (Wildman–Crippen LogP) is 20.4. The second-order valence-corrected chi connectivity index (χ2v) is 40.2. The number of halogens is 6. The SMILES string of the molecule is CC#N.CCC(C)=O.CCO.COC(=O)Cl.COC(=O)N1CC(c2ccc(OC)c(OC)c2)C(C)(C(C)=O)C1.COC(=O)N1CC(c2ccc(OC)c(OC)c2)C(C)(C(C)O)C1.COCN(Cc1ccccc1)C[Si](C)(C)C.COc1ccc(/C=C(\C)C(C)=O)cc1OC.COc1ccc(C2CN(Cc3ccccc3)CC2(C)C(C)=O)cc1OC.COc1ccc(C=O)cc1OC.ClCCl.O=C(O)C(F)(F)F. The van der Waals surface area contributed by atoms with Crippen LogP contribution in [0.2, 0.25) is 19.6 Å². The third-order valence-corrected chi connectivity index (χ3v) is 23.9. The van der Waals surface area contributed by atoms with E-state index in [-0.39, 0.29) is 58.9 Å². The number of hydrogen-bond donors (Lipinski definition) is 3. The Balaban J connectivity index is 0. The van der Waals surface area contributed by atoms with Gasteiger partial charge in [0.15, 0.2) is 63.3 Å². The van der Waals surface area contributed by atoms with Gasteiger partial charge in [0.05, 0.1) is 130 Å². The van der Waals surface area contributed by atoms with Crippen LogP contribution in [0, 0.1) is 27.6 Å². The Morgan fingerprint density at radius 2 is 0.845 bits per heavy atom. The van der Waals surface area contributed by atoms with Gasteiger partial charge in [0.25, 0.3) is 0 Å². The summed E-state index contributed by atoms with van der Waals surface area (Å²) < 4.78 is 103. The van der Waals surface area contributed by atoms with Gasteiger partial charge < -0.3 is 96.2 Å². The molecule has 142 heavy (non-hydrogen) atoms. The summed E-state index contributed by atoms with van der Waals surface area (Å²) in [7, 11) is 20.5. The Morgan fingerprint density at radius 3 is 1.15 bits per heavy atom. The molecule has 7 atom stereocenters. The van der Waals surface area contributed by atoms with Crippen molar-refractivity contribution in [2.75, 3.05) is 164 Å². The lowest BCUT2D eigenvalue weighted by Crippen LogP contribution is -2.40. The summed E-state index contributed by atoms with van der Waals surface area (Å²) in [5.74, 6) is 4.28. The number of rotatable bonds is 28. The molecule has 7 unspecified atom stereocenters. The summed E-state index contributed by atoms with van der Waals surface area (Å²) in [5, 5.41) is 32.5. The lowest BCUT2D eigenvalue weighted by atomic mass is 9.72. The number of Topliss-reactive ketones (excluding diaryl/α,β-unsaturated/α-hetero) is 4. The van der Waals surface area contributed by atoms with Crippen LogP contribution in [0.4, 0.5) is 27.6 Å². The molecule has 7 aromatic carbocycles. The van der Waals surface area contributed by atoms with Crippen LogP contribution in [-0.2, 0) is 56.0 Å². The highest BCUT2D eigenvalue weighted by Crippen LogP contribution is 2.50. The summed E-state index contributed by atoms with van der Waals surface area (Å²) in [6.45, 7) is 34.2. The number of ketones is 4. The quantitative estimate of drug-likeness (QED) is 0.00780. The molecule has 3 heterocycles. The Kier molecular flexibility index (Phi) is 64.5. The molecule has 3 N–H and O–H groups in total. The van der Waals surface area contributed by atoms with E-state index in [1.54, 1.807) is 154 Å². The van der Waals surface area contributed by atoms with Gasteiger partial charge in [0, 0.05) is 125 Å². The Bertz CT molecular complexity index is 5020. The molecular weight excluding hydrogens is 1930 g/mol. The lowest BCUT2D eigenvalue weighted by Gasteiger charge is -2.33. The van der Waals surface area contributed by atoms with Crippen molar-refractivity contribution in [2.45, 2.75) is 152 Å². The number of benzene rings is 7. The number of aliphatic carboxylic acids is 1. The molecule has 0 bridgehead atoms. The molecule has 3 saturated heterocycles. The summed E-state index contributed by atoms with van der Waals surface area (Å²) in [6.07, 6.45) is -2.02. The van der Waals surface area contributed by atoms with Gasteiger partial charge in [-0.2, -0.15) is 18.4 Å². The van der Waals surface area contributed by atoms with Crippen LogP contribution in [0.3, 0.4) is 0 Å². The van der Waals surface area contributed by atoms with Crippen LogP contribution in [0.5, 0.6) is 57.5 Å². The molecule has 3 fully saturated rings. The number of nitrogens with zero attached hydrogens (tertiary/aromatic N) is 5. The van der Waals surface area contributed by atoms with E-state index >= 15 is 0 Å². The number of carboxylic acids is 1. The van der Waals surface area contributed by atoms with E-state index in [0.29, 0.717) is 101 Å². The minimum atomic E-state index is -5.08. The number of methoxy groups -OCH3 is 14. The van der Waals surface area contributed by atoms with Crippen molar-refractivity contribution in [3.05, 3.63) is 196 Å². The van der Waals surface area contributed by atoms with Gasteiger partial charge in [-0.1, -0.05) is 132 Å². The highest BCUT2D eigenvalue weighted by molar-refractivity contribution is 6.76. The Morgan fingerprint density at radius 1 is 0.528 bits per heavy atom. The van der Waals surface area contributed by atoms with Gasteiger partial charge >= 0.3 is 29.8 Å². The van der Waals surface area contributed by atoms with E-state index in [0.717, 1.165) is 61.4 Å². The zero-order chi connectivity index (χ0) is 109. The number of hydrogen-bond acceptors (Lipinski definition) is 28. The fraction of sp³-hybridized carbons (Fsp3) is 0.481. The number of alkyl halides is 5. The minimum Gasteiger partial charge on any atom is -0.493 e. The largest absolute Gasteiger partial charge is 0.493 e. The van der Waals surface area contributed by atoms with Crippen molar-refractivity contribution in [3.8, 4) is 63.6 Å². The number of ether oxygens (including phenoxy) is 14. The average Bonchev–Trinajstić information content (AvgIpc) is 1.75. The summed E-state index contributed by atoms with van der Waals surface area (Å²) >= 11 is 14.1. The van der Waals surface area contributed by atoms with Crippen LogP contribution < -0.4 is 47.4 Å². The fourth-order valence-corrected chi connectivity index (χ4v) is 16.0. The maximum Gasteiger partial charge on any atom is 0.490 e. The van der Waals surface area contributed by atoms with Gasteiger partial charge in [-0.25, -0.2) is 19.2 Å². The number of carbonyl (C=O) groups is 9. The second-order valence-electron chi connectivity index (χ2n) is 33.6. The topological polar surface area (TPSA) is 380 Å². The molecule has 3 aliphatic rings. The van der Waals surface area contributed by atoms with E-state index < -0.39 is 54.1 Å². The standard InChI is InChI=1S/C22H27NO3.C17H25NO5.C17H23NO5.C13H23NOSi.C13H16O3.C9H10O3.C4H8O.C2H3ClO2.C2HF3O2.C2H3N.C2H6O.CH2Cl2/c1-16(24)22(2)15-23(13-17-8-6-5-7-9-17)14-19(22)18-10-11-20(25-3)21(12-18)26-4;2*1-11(19)17(2)10-18(16(20)23-5)9-13(17)12-6-7-14(21-3)15(8-12)22-4;1-15-11-14(12-16(2,3)4)10-13-8-6-5-7-9-13;1-9(10(2)14)7-11-5-6-12(15-3)13(8-11)16-4;1-11-8-4-3-7(6-10)5-9(8)12-2;1-3-4(2)5;1-5-2(3)4;3-2(4,5)1(6)7;2*1-2-3;2-1-3/h5-12,19H,13-15H2,1-4H3;6-8,11,13,19H,9-10H2,1-5H3;6-8,13H,9-10H2,1-5H3;5-9H,10-12H2,1-4H3;5-8H,1-4H3;3-6H,1-2H3;3H2,1-2H3;1H3;(H,6,7);1H3;3H,2H2,1H3;1H2/b;;;;9-7+;;;;;;;. The smallest absolute Gasteiger partial charge is 0.490 e. The molecule has 0 aromatic heterocycles. The Hall–Kier alpha value is -11.7. The first-order chi connectivity index (χ1) is 66.8. The van der Waals surface area contributed by atoms with Crippen molar-refractivity contribution in [2.24, 2.45) is 16.2 Å². The maximum absolute atomic E-state index is 12.5. The first-order valence-corrected chi connectivity index (χ1v) is 49.7. The number of carbonyl (C=O) groups excluding carboxylic acids is 8. The predicted molar refractivity (Wildman–Crippen MR) is 548 cm³/mol. The van der Waals surface area contributed by atoms with Gasteiger partial charge in [-0.05, 0) is 166 Å². The number of nitriles is 1. The number of carboxylic acid groups (broad SMARTS) is 1. The molecule has 31 nitrogen and oxygen atoms in total. The van der Waals surface area contributed by atoms with E-state index in [9.17, 15) is 56.6 Å². The number of aliphatic hydroxyl groups is 2. The third kappa shape index (κ3) is 46.1. The van der Waals surface area contributed by atoms with E-state index in [4.69, 9.17) is 105 Å². The van der Waals surface area contributed by atoms with Crippen LogP contribution in [0.1, 0.15) is 151 Å². The molecule has 0 aliphatic carbocycles. The molecule has 38 heteroatoms. The van der Waals surface area contributed by atoms with Crippen molar-refractivity contribution >= 4 is 102 Å². The van der Waals surface area contributed by atoms with Crippen molar-refractivity contribution in [1.82, 2.24) is 19.6 Å². The number of likely N-dealkylation sites (tertiary alicyclic amines) is 3. The van der Waals surface area contributed by atoms with Gasteiger partial charge in [0.2, 0.25) is 0 Å². The first kappa shape index (κ1) is 132. The van der Waals surface area contributed by atoms with Crippen LogP contribution in [0.25, 0.3) is 6.08 Å². The van der Waals surface area contributed by atoms with Crippen molar-refractivity contribution in [1.29, 1.82) is 5.26 Å². The third-order valence-electron chi connectivity index (χ3n) is 22.3. The summed E-state index contributed by atoms with van der Waals surface area (Å²) in [4.78, 5) is 106. The molecule has 790 valence electrons. The van der Waals surface area contributed by atoms with Crippen LogP contribution in [-0.4, -0.2) is 272 Å². The zero-order valence-electron chi connectivity index (χ0n) is 87.3. The summed E-state index contributed by atoms with van der Waals surface area (Å²) in [6, 6.07) is 50.6. The molecule has 10 rings (SSSR count). The van der Waals surface area contributed by atoms with Gasteiger partial charge in [-0.3, -0.25) is 29.0 Å². The minimum absolute atomic E-state index is 0.0265. The average molecular weight is 2070 g/mol. The molecule has 0 spiro atoms. The maximum atomic E-state index is 12.5. The van der Waals surface area contributed by atoms with E-state index in [1.165, 1.54) is 52.7 Å². The molecule has 0 radical (unpaired) electrons. The van der Waals surface area contributed by atoms with Crippen molar-refractivity contribution in [3.63, 3.8) is 0 Å².